The predicted molar refractivity (Wildman–Crippen MR) is 129 cm³/mol. The van der Waals surface area contributed by atoms with E-state index in [1.54, 1.807) is 16.7 Å². The van der Waals surface area contributed by atoms with Crippen molar-refractivity contribution >= 4 is 10.8 Å². The fraction of sp³-hybridized carbons (Fsp3) is 0.429. The van der Waals surface area contributed by atoms with Gasteiger partial charge >= 0.3 is 26.2 Å². The fourth-order valence-electron chi connectivity index (χ4n) is 4.36. The van der Waals surface area contributed by atoms with E-state index in [2.05, 4.69) is 72.7 Å². The van der Waals surface area contributed by atoms with Gasteiger partial charge < -0.3 is 14.9 Å². The number of benzene rings is 1. The van der Waals surface area contributed by atoms with E-state index in [4.69, 9.17) is 0 Å². The van der Waals surface area contributed by atoms with Crippen molar-refractivity contribution in [2.75, 3.05) is 0 Å². The van der Waals surface area contributed by atoms with Crippen molar-refractivity contribution in [3.8, 4) is 0 Å². The molecule has 0 nitrogen and oxygen atoms in total. The van der Waals surface area contributed by atoms with Crippen LogP contribution < -0.4 is 0 Å². The molecule has 1 aliphatic rings. The van der Waals surface area contributed by atoms with Gasteiger partial charge in [-0.1, -0.05) is 71.9 Å². The molecule has 0 N–H and O–H groups in total. The summed E-state index contributed by atoms with van der Waals surface area (Å²) in [6.07, 6.45) is 5.14. The molecule has 0 fully saturated rings. The number of hydrogen-bond acceptors (Lipinski definition) is 0. The molecule has 0 aromatic heterocycles. The summed E-state index contributed by atoms with van der Waals surface area (Å²) < 4.78 is 0. The van der Waals surface area contributed by atoms with Gasteiger partial charge in [0.25, 0.3) is 0 Å². The SMILES string of the molecule is CC(C)C[c-]1ccc2cc3c(cc21)CCC3.Cc1c(C)c(C)[c-](C)c1C.[CH3-].[CH3-].[Zr+4]. The molecule has 156 valence electrons. The maximum atomic E-state index is 2.45. The summed E-state index contributed by atoms with van der Waals surface area (Å²) in [7, 11) is 0. The molecule has 0 heterocycles. The molecule has 0 bridgehead atoms. The molecular formula is C28H40Zr. The quantitative estimate of drug-likeness (QED) is 0.334. The molecule has 29 heavy (non-hydrogen) atoms. The van der Waals surface area contributed by atoms with Crippen LogP contribution in [0.4, 0.5) is 0 Å². The van der Waals surface area contributed by atoms with Gasteiger partial charge in [-0.25, -0.2) is 0 Å². The van der Waals surface area contributed by atoms with Crippen LogP contribution in [0.25, 0.3) is 10.8 Å². The fourth-order valence-corrected chi connectivity index (χ4v) is 4.36. The Morgan fingerprint density at radius 2 is 1.41 bits per heavy atom. The summed E-state index contributed by atoms with van der Waals surface area (Å²) in [6.45, 7) is 15.6. The molecule has 0 radical (unpaired) electrons. The van der Waals surface area contributed by atoms with Crippen LogP contribution in [0.15, 0.2) is 24.3 Å². The third-order valence-electron chi connectivity index (χ3n) is 6.51. The zero-order chi connectivity index (χ0) is 19.0. The van der Waals surface area contributed by atoms with E-state index in [1.165, 1.54) is 64.3 Å². The molecule has 3 aromatic carbocycles. The second-order valence-corrected chi connectivity index (χ2v) is 8.64. The van der Waals surface area contributed by atoms with Gasteiger partial charge in [-0.2, -0.15) is 33.9 Å². The van der Waals surface area contributed by atoms with E-state index in [-0.39, 0.29) is 41.1 Å². The van der Waals surface area contributed by atoms with Crippen molar-refractivity contribution in [3.63, 3.8) is 0 Å². The van der Waals surface area contributed by atoms with E-state index in [0.29, 0.717) is 0 Å². The zero-order valence-electron chi connectivity index (χ0n) is 20.2. The monoisotopic (exact) mass is 466 g/mol. The largest absolute Gasteiger partial charge is 4.00 e. The summed E-state index contributed by atoms with van der Waals surface area (Å²) >= 11 is 0. The van der Waals surface area contributed by atoms with E-state index in [0.717, 1.165) is 5.92 Å². The molecule has 4 rings (SSSR count). The van der Waals surface area contributed by atoms with Gasteiger partial charge in [0, 0.05) is 0 Å². The average molecular weight is 468 g/mol. The third-order valence-corrected chi connectivity index (χ3v) is 6.51. The molecule has 0 spiro atoms. The summed E-state index contributed by atoms with van der Waals surface area (Å²) in [5, 5.41) is 2.96. The standard InChI is InChI=1S/C16H19.C10H15.2CH3.Zr/c1-11(2)8-14-6-7-15-9-12-4-3-5-13(12)10-16(14)15;1-6-7(2)9(4)10(5)8(6)3;;;/h6-7,9-11H,3-5,8H2,1-2H3;1-5H3;2*1H3;/q4*-1;+4. The molecule has 3 aromatic rings. The Balaban J connectivity index is 0.000000535. The van der Waals surface area contributed by atoms with Crippen molar-refractivity contribution in [1.82, 2.24) is 0 Å². The molecule has 0 amide bonds. The molecule has 0 unspecified atom stereocenters. The topological polar surface area (TPSA) is 0 Å². The van der Waals surface area contributed by atoms with Crippen LogP contribution in [0.5, 0.6) is 0 Å². The van der Waals surface area contributed by atoms with Gasteiger partial charge in [-0.05, 0) is 19.3 Å². The van der Waals surface area contributed by atoms with E-state index in [1.807, 2.05) is 0 Å². The Labute approximate surface area is 200 Å². The summed E-state index contributed by atoms with van der Waals surface area (Å²) in [6, 6.07) is 9.49. The first kappa shape index (κ1) is 28.1. The first-order valence-corrected chi connectivity index (χ1v) is 10.2. The van der Waals surface area contributed by atoms with Crippen molar-refractivity contribution in [2.24, 2.45) is 5.92 Å². The minimum atomic E-state index is 0. The summed E-state index contributed by atoms with van der Waals surface area (Å²) in [4.78, 5) is 0. The van der Waals surface area contributed by atoms with Crippen molar-refractivity contribution in [1.29, 1.82) is 0 Å². The molecule has 1 heteroatoms. The maximum Gasteiger partial charge on any atom is 4.00 e. The van der Waals surface area contributed by atoms with Crippen molar-refractivity contribution < 1.29 is 26.2 Å². The Kier molecular flexibility index (Phi) is 11.1. The minimum Gasteiger partial charge on any atom is -0.358 e. The average Bonchev–Trinajstić information content (AvgIpc) is 3.26. The first-order valence-electron chi connectivity index (χ1n) is 10.2. The van der Waals surface area contributed by atoms with Crippen LogP contribution in [0.1, 0.15) is 64.8 Å². The molecular weight excluding hydrogens is 428 g/mol. The number of aryl methyl sites for hydroxylation is 2. The van der Waals surface area contributed by atoms with Gasteiger partial charge in [-0.3, -0.25) is 0 Å². The molecule has 0 atom stereocenters. The molecule has 1 aliphatic carbocycles. The van der Waals surface area contributed by atoms with E-state index >= 15 is 0 Å². The Hall–Kier alpha value is -0.937. The van der Waals surface area contributed by atoms with Crippen LogP contribution >= 0.6 is 0 Å². The molecule has 0 saturated carbocycles. The van der Waals surface area contributed by atoms with Crippen LogP contribution in [-0.4, -0.2) is 0 Å². The van der Waals surface area contributed by atoms with Crippen LogP contribution in [-0.2, 0) is 45.5 Å². The molecule has 0 aliphatic heterocycles. The zero-order valence-corrected chi connectivity index (χ0v) is 22.7. The van der Waals surface area contributed by atoms with Gasteiger partial charge in [0.05, 0.1) is 0 Å². The van der Waals surface area contributed by atoms with Crippen molar-refractivity contribution in [2.45, 2.75) is 74.1 Å². The molecule has 0 saturated heterocycles. The van der Waals surface area contributed by atoms with Gasteiger partial charge in [0.15, 0.2) is 0 Å². The Morgan fingerprint density at radius 1 is 0.897 bits per heavy atom. The van der Waals surface area contributed by atoms with Crippen LogP contribution in [0.2, 0.25) is 0 Å². The second kappa shape index (κ2) is 11.5. The number of hydrogen-bond donors (Lipinski definition) is 0. The predicted octanol–water partition coefficient (Wildman–Crippen LogP) is 8.09. The first-order chi connectivity index (χ1) is 12.3. The Bertz CT molecular complexity index is 838. The number of fused-ring (bicyclic) bond motifs is 2. The maximum absolute atomic E-state index is 2.45. The van der Waals surface area contributed by atoms with Crippen molar-refractivity contribution in [3.05, 3.63) is 83.6 Å². The van der Waals surface area contributed by atoms with E-state index < -0.39 is 0 Å². The van der Waals surface area contributed by atoms with E-state index in [9.17, 15) is 0 Å². The second-order valence-electron chi connectivity index (χ2n) is 8.64. The smallest absolute Gasteiger partial charge is 0.358 e. The van der Waals surface area contributed by atoms with Gasteiger partial charge in [0.1, 0.15) is 0 Å². The van der Waals surface area contributed by atoms with Crippen LogP contribution in [0.3, 0.4) is 0 Å². The third kappa shape index (κ3) is 5.82. The normalized spacial score (nSPS) is 11.9. The van der Waals surface area contributed by atoms with Gasteiger partial charge in [-0.15, -0.1) is 34.5 Å². The Morgan fingerprint density at radius 3 is 1.86 bits per heavy atom. The number of rotatable bonds is 2. The summed E-state index contributed by atoms with van der Waals surface area (Å²) in [5.74, 6) is 0.749. The van der Waals surface area contributed by atoms with Crippen LogP contribution in [0, 0.1) is 55.4 Å². The summed E-state index contributed by atoms with van der Waals surface area (Å²) in [5.41, 5.74) is 12.1. The van der Waals surface area contributed by atoms with Gasteiger partial charge in [0.2, 0.25) is 0 Å². The minimum absolute atomic E-state index is 0.